The fourth-order valence-corrected chi connectivity index (χ4v) is 4.29. The van der Waals surface area contributed by atoms with E-state index in [0.717, 1.165) is 4.57 Å². The van der Waals surface area contributed by atoms with Gasteiger partial charge in [0.1, 0.15) is 0 Å². The van der Waals surface area contributed by atoms with Crippen molar-refractivity contribution in [2.24, 2.45) is 0 Å². The molecule has 1 aromatic heterocycles. The van der Waals surface area contributed by atoms with Gasteiger partial charge in [0.05, 0.1) is 20.3 Å². The predicted octanol–water partition coefficient (Wildman–Crippen LogP) is 2.57. The SMILES string of the molecule is CCOP(=O)(OCC)C(C(=O)OC)/C(C)=C\n1c(=O)cc[nH]c1=S. The maximum Gasteiger partial charge on any atom is 0.349 e. The first-order valence-corrected chi connectivity index (χ1v) is 9.27. The fraction of sp³-hybridized carbons (Fsp3) is 0.500. The van der Waals surface area contributed by atoms with E-state index in [-0.39, 0.29) is 23.6 Å². The summed E-state index contributed by atoms with van der Waals surface area (Å²) in [4.78, 5) is 26.8. The van der Waals surface area contributed by atoms with Crippen molar-refractivity contribution in [1.29, 1.82) is 0 Å². The van der Waals surface area contributed by atoms with E-state index < -0.39 is 24.8 Å². The van der Waals surface area contributed by atoms with Gasteiger partial charge >= 0.3 is 13.6 Å². The molecule has 0 radical (unpaired) electrons. The van der Waals surface area contributed by atoms with Crippen LogP contribution in [0.1, 0.15) is 20.8 Å². The summed E-state index contributed by atoms with van der Waals surface area (Å²) in [6.45, 7) is 4.97. The summed E-state index contributed by atoms with van der Waals surface area (Å²) in [5, 5.41) is 0. The molecule has 0 spiro atoms. The van der Waals surface area contributed by atoms with E-state index in [1.807, 2.05) is 0 Å². The van der Waals surface area contributed by atoms with Crippen LogP contribution in [-0.4, -0.2) is 41.5 Å². The number of aromatic nitrogens is 2. The summed E-state index contributed by atoms with van der Waals surface area (Å²) < 4.78 is 29.5. The van der Waals surface area contributed by atoms with Crippen LogP contribution in [0.4, 0.5) is 0 Å². The molecule has 1 aromatic rings. The molecule has 0 aliphatic carbocycles. The van der Waals surface area contributed by atoms with E-state index >= 15 is 0 Å². The Morgan fingerprint density at radius 3 is 2.46 bits per heavy atom. The molecule has 1 atom stereocenters. The molecular weight excluding hydrogens is 355 g/mol. The number of rotatable bonds is 8. The Bertz CT molecular complexity index is 731. The highest BCUT2D eigenvalue weighted by Gasteiger charge is 2.43. The molecule has 0 saturated heterocycles. The lowest BCUT2D eigenvalue weighted by atomic mass is 10.2. The van der Waals surface area contributed by atoms with E-state index in [9.17, 15) is 14.2 Å². The lowest BCUT2D eigenvalue weighted by molar-refractivity contribution is -0.139. The first kappa shape index (κ1) is 20.5. The molecule has 0 fully saturated rings. The smallest absolute Gasteiger partial charge is 0.349 e. The van der Waals surface area contributed by atoms with Gasteiger partial charge in [-0.3, -0.25) is 18.7 Å². The Labute approximate surface area is 145 Å². The monoisotopic (exact) mass is 376 g/mol. The van der Waals surface area contributed by atoms with Crippen molar-refractivity contribution in [2.45, 2.75) is 26.4 Å². The molecule has 134 valence electrons. The van der Waals surface area contributed by atoms with E-state index in [4.69, 9.17) is 26.0 Å². The largest absolute Gasteiger partial charge is 0.468 e. The van der Waals surface area contributed by atoms with Crippen LogP contribution in [0.15, 0.2) is 22.6 Å². The highest BCUT2D eigenvalue weighted by molar-refractivity contribution is 7.71. The van der Waals surface area contributed by atoms with Gasteiger partial charge in [0.25, 0.3) is 5.56 Å². The Balaban J connectivity index is 3.47. The number of methoxy groups -OCH3 is 1. The molecule has 1 N–H and O–H groups in total. The normalized spacial score (nSPS) is 13.6. The first-order valence-electron chi connectivity index (χ1n) is 7.25. The molecule has 24 heavy (non-hydrogen) atoms. The Hall–Kier alpha value is -1.54. The van der Waals surface area contributed by atoms with Gasteiger partial charge < -0.3 is 18.8 Å². The molecule has 1 heterocycles. The lowest BCUT2D eigenvalue weighted by Crippen LogP contribution is -2.27. The number of H-pyrrole nitrogens is 1. The maximum absolute atomic E-state index is 13.0. The van der Waals surface area contributed by atoms with Gasteiger partial charge in [0.2, 0.25) is 0 Å². The van der Waals surface area contributed by atoms with Crippen molar-refractivity contribution in [1.82, 2.24) is 9.55 Å². The number of aromatic amines is 1. The van der Waals surface area contributed by atoms with Crippen LogP contribution in [0.25, 0.3) is 6.20 Å². The fourth-order valence-electron chi connectivity index (χ4n) is 2.05. The summed E-state index contributed by atoms with van der Waals surface area (Å²) in [5.41, 5.74) is -1.44. The number of hydrogen-bond acceptors (Lipinski definition) is 7. The molecular formula is C14H21N2O6PS. The van der Waals surface area contributed by atoms with E-state index in [0.29, 0.717) is 0 Å². The number of esters is 1. The number of nitrogens with one attached hydrogen (secondary N) is 1. The van der Waals surface area contributed by atoms with E-state index in [1.165, 1.54) is 32.5 Å². The van der Waals surface area contributed by atoms with Gasteiger partial charge in [-0.25, -0.2) is 0 Å². The van der Waals surface area contributed by atoms with Crippen molar-refractivity contribution in [2.75, 3.05) is 20.3 Å². The van der Waals surface area contributed by atoms with Crippen molar-refractivity contribution < 1.29 is 23.1 Å². The molecule has 0 saturated carbocycles. The second kappa shape index (κ2) is 9.08. The number of carbonyl (C=O) groups is 1. The van der Waals surface area contributed by atoms with Crippen LogP contribution in [0.2, 0.25) is 0 Å². The van der Waals surface area contributed by atoms with Crippen LogP contribution in [0.3, 0.4) is 0 Å². The van der Waals surface area contributed by atoms with Crippen LogP contribution in [0, 0.1) is 4.77 Å². The number of carbonyl (C=O) groups excluding carboxylic acids is 1. The maximum atomic E-state index is 13.0. The molecule has 0 aliphatic heterocycles. The summed E-state index contributed by atoms with van der Waals surface area (Å²) in [7, 11) is -2.66. The number of ether oxygens (including phenoxy) is 1. The lowest BCUT2D eigenvalue weighted by Gasteiger charge is -2.25. The van der Waals surface area contributed by atoms with Crippen molar-refractivity contribution in [3.63, 3.8) is 0 Å². The van der Waals surface area contributed by atoms with E-state index in [1.54, 1.807) is 13.8 Å². The topological polar surface area (TPSA) is 99.6 Å². The van der Waals surface area contributed by atoms with Crippen LogP contribution < -0.4 is 5.56 Å². The van der Waals surface area contributed by atoms with Crippen molar-refractivity contribution in [3.8, 4) is 0 Å². The summed E-state index contributed by atoms with van der Waals surface area (Å²) in [6.07, 6.45) is 2.74. The van der Waals surface area contributed by atoms with Gasteiger partial charge in [-0.1, -0.05) is 0 Å². The molecule has 0 bridgehead atoms. The summed E-state index contributed by atoms with van der Waals surface area (Å²) in [5.74, 6) is -0.784. The van der Waals surface area contributed by atoms with Crippen molar-refractivity contribution >= 4 is 32.0 Å². The van der Waals surface area contributed by atoms with Crippen LogP contribution in [-0.2, 0) is 23.1 Å². The zero-order valence-electron chi connectivity index (χ0n) is 14.0. The predicted molar refractivity (Wildman–Crippen MR) is 92.5 cm³/mol. The third-order valence-electron chi connectivity index (χ3n) is 3.01. The minimum atomic E-state index is -3.83. The zero-order valence-corrected chi connectivity index (χ0v) is 15.7. The minimum absolute atomic E-state index is 0.0867. The van der Waals surface area contributed by atoms with Gasteiger partial charge in [-0.15, -0.1) is 0 Å². The minimum Gasteiger partial charge on any atom is -0.468 e. The molecule has 8 nitrogen and oxygen atoms in total. The molecule has 1 rings (SSSR count). The van der Waals surface area contributed by atoms with Crippen LogP contribution >= 0.6 is 19.8 Å². The Kier molecular flexibility index (Phi) is 7.75. The van der Waals surface area contributed by atoms with E-state index in [2.05, 4.69) is 4.98 Å². The number of nitrogens with zero attached hydrogens (tertiary/aromatic N) is 1. The zero-order chi connectivity index (χ0) is 18.3. The number of hydrogen-bond donors (Lipinski definition) is 1. The molecule has 0 amide bonds. The van der Waals surface area contributed by atoms with Gasteiger partial charge in [-0.05, 0) is 38.6 Å². The van der Waals surface area contributed by atoms with Gasteiger partial charge in [-0.2, -0.15) is 0 Å². The molecule has 0 aliphatic rings. The first-order chi connectivity index (χ1) is 11.3. The highest BCUT2D eigenvalue weighted by atomic mass is 32.1. The Morgan fingerprint density at radius 2 is 2.00 bits per heavy atom. The highest BCUT2D eigenvalue weighted by Crippen LogP contribution is 2.55. The van der Waals surface area contributed by atoms with Crippen molar-refractivity contribution in [3.05, 3.63) is 33.0 Å². The molecule has 10 heteroatoms. The van der Waals surface area contributed by atoms with Gasteiger partial charge in [0.15, 0.2) is 10.4 Å². The molecule has 0 aromatic carbocycles. The summed E-state index contributed by atoms with van der Waals surface area (Å²) >= 11 is 5.05. The third-order valence-corrected chi connectivity index (χ3v) is 5.81. The summed E-state index contributed by atoms with van der Waals surface area (Å²) in [6, 6.07) is 1.28. The second-order valence-corrected chi connectivity index (χ2v) is 7.16. The average molecular weight is 376 g/mol. The van der Waals surface area contributed by atoms with Gasteiger partial charge in [0, 0.05) is 18.5 Å². The van der Waals surface area contributed by atoms with Crippen LogP contribution in [0.5, 0.6) is 0 Å². The third kappa shape index (κ3) is 4.73. The standard InChI is InChI=1S/C14H21N2O6PS/c1-5-21-23(19,22-6-2)12(13(18)20-4)10(3)9-16-11(17)7-8-15-14(16)24/h7-9,12H,5-6H2,1-4H3,(H,15,24)/b10-9-. The average Bonchev–Trinajstić information content (AvgIpc) is 2.51. The Morgan fingerprint density at radius 1 is 1.42 bits per heavy atom. The quantitative estimate of drug-likeness (QED) is 0.423. The second-order valence-electron chi connectivity index (χ2n) is 4.67. The molecule has 1 unspecified atom stereocenters.